The molecule has 226 valence electrons. The van der Waals surface area contributed by atoms with Crippen molar-refractivity contribution in [1.82, 2.24) is 15.0 Å². The van der Waals surface area contributed by atoms with Crippen LogP contribution >= 0.6 is 0 Å². The van der Waals surface area contributed by atoms with E-state index in [4.69, 9.17) is 8.94 Å². The highest BCUT2D eigenvalue weighted by Crippen LogP contribution is 2.35. The van der Waals surface area contributed by atoms with Crippen molar-refractivity contribution in [1.29, 1.82) is 0 Å². The summed E-state index contributed by atoms with van der Waals surface area (Å²) in [4.78, 5) is 31.0. The molecule has 0 saturated carbocycles. The van der Waals surface area contributed by atoms with Gasteiger partial charge in [0.2, 0.25) is 17.7 Å². The Morgan fingerprint density at radius 2 is 1.75 bits per heavy atom. The number of benzene rings is 3. The predicted molar refractivity (Wildman–Crippen MR) is 165 cm³/mol. The molecule has 11 nitrogen and oxygen atoms in total. The maximum absolute atomic E-state index is 13.7. The van der Waals surface area contributed by atoms with Crippen LogP contribution in [0.25, 0.3) is 22.6 Å². The number of sulfonamides is 1. The molecular weight excluding hydrogens is 582 g/mol. The fraction of sp³-hybridized carbons (Fsp3) is 0.188. The highest BCUT2D eigenvalue weighted by molar-refractivity contribution is 7.92. The van der Waals surface area contributed by atoms with Gasteiger partial charge < -0.3 is 19.2 Å². The molecule has 5 aromatic rings. The first-order chi connectivity index (χ1) is 20.9. The highest BCUT2D eigenvalue weighted by Gasteiger charge is 2.25. The molecule has 12 heteroatoms. The summed E-state index contributed by atoms with van der Waals surface area (Å²) >= 11 is 0. The lowest BCUT2D eigenvalue weighted by Crippen LogP contribution is -2.26. The summed E-state index contributed by atoms with van der Waals surface area (Å²) in [5.41, 5.74) is 5.24. The second-order valence-electron chi connectivity index (χ2n) is 10.4. The van der Waals surface area contributed by atoms with Crippen molar-refractivity contribution in [2.45, 2.75) is 39.1 Å². The lowest BCUT2D eigenvalue weighted by Gasteiger charge is -2.22. The van der Waals surface area contributed by atoms with Gasteiger partial charge in [-0.1, -0.05) is 35.5 Å². The summed E-state index contributed by atoms with van der Waals surface area (Å²) < 4.78 is 40.5. The van der Waals surface area contributed by atoms with Gasteiger partial charge in [0.15, 0.2) is 0 Å². The van der Waals surface area contributed by atoms with Gasteiger partial charge in [-0.3, -0.25) is 9.59 Å². The smallest absolute Gasteiger partial charge is 0.264 e. The first-order valence-corrected chi connectivity index (χ1v) is 15.1. The summed E-state index contributed by atoms with van der Waals surface area (Å²) in [6.45, 7) is 6.81. The van der Waals surface area contributed by atoms with Crippen molar-refractivity contribution < 1.29 is 26.9 Å². The summed E-state index contributed by atoms with van der Waals surface area (Å²) in [5.74, 6) is -0.110. The molecule has 2 heterocycles. The van der Waals surface area contributed by atoms with Gasteiger partial charge in [0.1, 0.15) is 6.26 Å². The summed E-state index contributed by atoms with van der Waals surface area (Å²) in [7, 11) is -2.45. The van der Waals surface area contributed by atoms with E-state index in [1.165, 1.54) is 30.4 Å². The van der Waals surface area contributed by atoms with E-state index in [2.05, 4.69) is 20.2 Å². The number of aryl methyl sites for hydroxylation is 2. The van der Waals surface area contributed by atoms with Gasteiger partial charge in [-0.05, 0) is 67.8 Å². The van der Waals surface area contributed by atoms with Crippen LogP contribution in [0.2, 0.25) is 0 Å². The maximum atomic E-state index is 13.7. The Balaban J connectivity index is 1.55. The molecule has 0 bridgehead atoms. The third kappa shape index (κ3) is 6.25. The van der Waals surface area contributed by atoms with E-state index in [0.717, 1.165) is 5.56 Å². The molecule has 0 fully saturated rings. The first-order valence-electron chi connectivity index (χ1n) is 13.7. The quantitative estimate of drug-likeness (QED) is 0.207. The van der Waals surface area contributed by atoms with Crippen molar-refractivity contribution in [3.63, 3.8) is 0 Å². The first kappa shape index (κ1) is 30.2. The summed E-state index contributed by atoms with van der Waals surface area (Å²) in [6.07, 6.45) is 2.99. The molecule has 0 aliphatic heterocycles. The number of amides is 2. The van der Waals surface area contributed by atoms with Crippen molar-refractivity contribution in [3.05, 3.63) is 101 Å². The molecule has 44 heavy (non-hydrogen) atoms. The van der Waals surface area contributed by atoms with E-state index < -0.39 is 10.0 Å². The van der Waals surface area contributed by atoms with Crippen molar-refractivity contribution in [2.75, 3.05) is 17.1 Å². The van der Waals surface area contributed by atoms with Crippen LogP contribution in [0.3, 0.4) is 0 Å². The fourth-order valence-corrected chi connectivity index (χ4v) is 5.99. The Hall–Kier alpha value is -5.23. The van der Waals surface area contributed by atoms with Crippen LogP contribution in [0.15, 0.2) is 87.0 Å². The standard InChI is InChI=1S/C32H31N5O6S/c1-19-10-11-24(17-28(19)34-22(4)38)32(39)37(5)18-25-16-23(31-33-14-15-42-31)12-13-26(25)27-8-6-7-9-29(27)44(40,41)36-30-20(2)21(3)35-43-30/h6-17,36H,18H2,1-5H3,(H,34,38). The van der Waals surface area contributed by atoms with Gasteiger partial charge in [0, 0.05) is 48.5 Å². The van der Waals surface area contributed by atoms with E-state index in [-0.39, 0.29) is 29.1 Å². The monoisotopic (exact) mass is 613 g/mol. The van der Waals surface area contributed by atoms with Gasteiger partial charge in [-0.25, -0.2) is 18.1 Å². The van der Waals surface area contributed by atoms with Crippen LogP contribution in [0, 0.1) is 20.8 Å². The number of aromatic nitrogens is 2. The van der Waals surface area contributed by atoms with E-state index in [9.17, 15) is 18.0 Å². The van der Waals surface area contributed by atoms with E-state index >= 15 is 0 Å². The third-order valence-corrected chi connectivity index (χ3v) is 8.57. The number of rotatable bonds is 9. The number of hydrogen-bond acceptors (Lipinski definition) is 8. The Labute approximate surface area is 255 Å². The Bertz CT molecular complexity index is 1960. The number of carbonyl (C=O) groups excluding carboxylic acids is 2. The Kier molecular flexibility index (Phi) is 8.36. The molecule has 0 aliphatic rings. The third-order valence-electron chi connectivity index (χ3n) is 7.18. The van der Waals surface area contributed by atoms with E-state index in [1.807, 2.05) is 13.0 Å². The SMILES string of the molecule is CC(=O)Nc1cc(C(=O)N(C)Cc2cc(-c3ncco3)ccc2-c2ccccc2S(=O)(=O)Nc2onc(C)c2C)ccc1C. The number of carbonyl (C=O) groups is 2. The Morgan fingerprint density at radius 3 is 2.43 bits per heavy atom. The number of nitrogens with one attached hydrogen (secondary N) is 2. The molecule has 5 rings (SSSR count). The van der Waals surface area contributed by atoms with Gasteiger partial charge in [-0.15, -0.1) is 0 Å². The van der Waals surface area contributed by atoms with Crippen LogP contribution in [-0.2, 0) is 21.4 Å². The number of oxazole rings is 1. The molecule has 3 aromatic carbocycles. The number of nitrogens with zero attached hydrogens (tertiary/aromatic N) is 3. The molecule has 0 aliphatic carbocycles. The molecule has 2 aromatic heterocycles. The Morgan fingerprint density at radius 1 is 0.977 bits per heavy atom. The van der Waals surface area contributed by atoms with Gasteiger partial charge >= 0.3 is 0 Å². The average molecular weight is 614 g/mol. The van der Waals surface area contributed by atoms with Crippen molar-refractivity contribution in [2.24, 2.45) is 0 Å². The molecule has 0 radical (unpaired) electrons. The van der Waals surface area contributed by atoms with Crippen LogP contribution in [-0.4, -0.2) is 42.3 Å². The molecular formula is C32H31N5O6S. The zero-order chi connectivity index (χ0) is 31.6. The lowest BCUT2D eigenvalue weighted by atomic mass is 9.96. The zero-order valence-corrected chi connectivity index (χ0v) is 25.7. The largest absolute Gasteiger partial charge is 0.445 e. The molecule has 0 atom stereocenters. The normalized spacial score (nSPS) is 11.3. The minimum atomic E-state index is -4.11. The van der Waals surface area contributed by atoms with Crippen LogP contribution in [0.4, 0.5) is 11.6 Å². The van der Waals surface area contributed by atoms with Crippen molar-refractivity contribution >= 4 is 33.4 Å². The second kappa shape index (κ2) is 12.2. The fourth-order valence-electron chi connectivity index (χ4n) is 4.72. The molecule has 2 N–H and O–H groups in total. The minimum absolute atomic E-state index is 0.0195. The van der Waals surface area contributed by atoms with Gasteiger partial charge in [0.05, 0.1) is 16.8 Å². The van der Waals surface area contributed by atoms with E-state index in [0.29, 0.717) is 50.7 Å². The molecule has 2 amide bonds. The second-order valence-corrected chi connectivity index (χ2v) is 12.1. The van der Waals surface area contributed by atoms with Crippen LogP contribution in [0.1, 0.15) is 39.7 Å². The molecule has 0 saturated heterocycles. The lowest BCUT2D eigenvalue weighted by molar-refractivity contribution is -0.114. The minimum Gasteiger partial charge on any atom is -0.445 e. The van der Waals surface area contributed by atoms with Crippen molar-refractivity contribution in [3.8, 4) is 22.6 Å². The number of anilines is 2. The van der Waals surface area contributed by atoms with E-state index in [1.54, 1.807) is 69.4 Å². The summed E-state index contributed by atoms with van der Waals surface area (Å²) in [5, 5.41) is 6.60. The molecule has 0 unspecified atom stereocenters. The zero-order valence-electron chi connectivity index (χ0n) is 24.8. The van der Waals surface area contributed by atoms with Crippen LogP contribution in [0.5, 0.6) is 0 Å². The summed E-state index contributed by atoms with van der Waals surface area (Å²) in [6, 6.07) is 17.1. The highest BCUT2D eigenvalue weighted by atomic mass is 32.2. The van der Waals surface area contributed by atoms with Crippen LogP contribution < -0.4 is 10.0 Å². The predicted octanol–water partition coefficient (Wildman–Crippen LogP) is 5.95. The number of hydrogen-bond donors (Lipinski definition) is 2. The van der Waals surface area contributed by atoms with Gasteiger partial charge in [-0.2, -0.15) is 0 Å². The maximum Gasteiger partial charge on any atom is 0.264 e. The molecule has 0 spiro atoms. The average Bonchev–Trinajstić information content (AvgIpc) is 3.64. The van der Waals surface area contributed by atoms with Gasteiger partial charge in [0.25, 0.3) is 15.9 Å². The topological polar surface area (TPSA) is 148 Å².